The predicted octanol–water partition coefficient (Wildman–Crippen LogP) is 1.68. The summed E-state index contributed by atoms with van der Waals surface area (Å²) in [7, 11) is 0. The number of ether oxygens (including phenoxy) is 1. The average Bonchev–Trinajstić information content (AvgIpc) is 2.46. The molecule has 0 N–H and O–H groups in total. The quantitative estimate of drug-likeness (QED) is 0.606. The Morgan fingerprint density at radius 3 is 2.75 bits per heavy atom. The van der Waals surface area contributed by atoms with Crippen LogP contribution >= 0.6 is 0 Å². The van der Waals surface area contributed by atoms with Gasteiger partial charge in [0.1, 0.15) is 5.92 Å². The zero-order chi connectivity index (χ0) is 14.4. The Bertz CT molecular complexity index is 458. The van der Waals surface area contributed by atoms with Gasteiger partial charge in [-0.1, -0.05) is 30.3 Å². The van der Waals surface area contributed by atoms with Gasteiger partial charge in [0.25, 0.3) is 0 Å². The summed E-state index contributed by atoms with van der Waals surface area (Å²) in [6, 6.07) is 10.2. The Kier molecular flexibility index (Phi) is 5.30. The van der Waals surface area contributed by atoms with Crippen LogP contribution < -0.4 is 0 Å². The molecule has 0 bridgehead atoms. The fraction of sp³-hybridized carbons (Fsp3) is 0.500. The van der Waals surface area contributed by atoms with Crippen LogP contribution in [-0.2, 0) is 20.7 Å². The van der Waals surface area contributed by atoms with Crippen molar-refractivity contribution in [3.05, 3.63) is 35.9 Å². The zero-order valence-electron chi connectivity index (χ0n) is 11.9. The molecule has 20 heavy (non-hydrogen) atoms. The van der Waals surface area contributed by atoms with Crippen molar-refractivity contribution in [2.75, 3.05) is 26.2 Å². The number of nitrogens with zero attached hydrogens (tertiary/aromatic N) is 1. The van der Waals surface area contributed by atoms with E-state index in [0.717, 1.165) is 19.5 Å². The smallest absolute Gasteiger partial charge is 0.316 e. The van der Waals surface area contributed by atoms with Crippen LogP contribution in [0, 0.1) is 5.92 Å². The summed E-state index contributed by atoms with van der Waals surface area (Å²) < 4.78 is 4.94. The number of likely N-dealkylation sites (tertiary alicyclic amines) is 1. The van der Waals surface area contributed by atoms with Gasteiger partial charge >= 0.3 is 5.97 Å². The second kappa shape index (κ2) is 7.20. The molecule has 1 atom stereocenters. The highest BCUT2D eigenvalue weighted by Gasteiger charge is 2.33. The first-order valence-electron chi connectivity index (χ1n) is 7.16. The maximum absolute atomic E-state index is 12.0. The van der Waals surface area contributed by atoms with Gasteiger partial charge in [-0.2, -0.15) is 0 Å². The van der Waals surface area contributed by atoms with Gasteiger partial charge in [-0.05, 0) is 31.9 Å². The summed E-state index contributed by atoms with van der Waals surface area (Å²) in [6.07, 6.45) is 1.50. The third-order valence-electron chi connectivity index (χ3n) is 3.63. The van der Waals surface area contributed by atoms with Crippen molar-refractivity contribution in [3.63, 3.8) is 0 Å². The van der Waals surface area contributed by atoms with Crippen LogP contribution in [0.2, 0.25) is 0 Å². The number of ketones is 1. The van der Waals surface area contributed by atoms with Gasteiger partial charge < -0.3 is 4.74 Å². The van der Waals surface area contributed by atoms with Crippen molar-refractivity contribution in [1.29, 1.82) is 0 Å². The van der Waals surface area contributed by atoms with Gasteiger partial charge in [-0.25, -0.2) is 0 Å². The van der Waals surface area contributed by atoms with Gasteiger partial charge in [0.2, 0.25) is 0 Å². The largest absolute Gasteiger partial charge is 0.465 e. The number of Topliss-reactive ketones (excluding diaryl/α,β-unsaturated/α-hetero) is 1. The molecule has 0 amide bonds. The molecule has 1 aromatic rings. The summed E-state index contributed by atoms with van der Waals surface area (Å²) in [6.45, 7) is 4.08. The number of esters is 1. The van der Waals surface area contributed by atoms with Gasteiger partial charge in [-0.15, -0.1) is 0 Å². The molecule has 0 spiro atoms. The normalized spacial score (nSPS) is 19.9. The Morgan fingerprint density at radius 2 is 2.10 bits per heavy atom. The maximum atomic E-state index is 12.0. The van der Waals surface area contributed by atoms with Crippen LogP contribution in [0.25, 0.3) is 0 Å². The molecule has 0 aliphatic carbocycles. The molecule has 4 heteroatoms. The Balaban J connectivity index is 1.80. The fourth-order valence-electron chi connectivity index (χ4n) is 2.50. The average molecular weight is 275 g/mol. The van der Waals surface area contributed by atoms with E-state index in [0.29, 0.717) is 19.6 Å². The van der Waals surface area contributed by atoms with Gasteiger partial charge in [-0.3, -0.25) is 14.5 Å². The summed E-state index contributed by atoms with van der Waals surface area (Å²) in [5.41, 5.74) is 1.27. The minimum Gasteiger partial charge on any atom is -0.465 e. The minimum absolute atomic E-state index is 0.0113. The van der Waals surface area contributed by atoms with Gasteiger partial charge in [0.15, 0.2) is 5.78 Å². The molecule has 4 nitrogen and oxygen atoms in total. The molecule has 108 valence electrons. The van der Waals surface area contributed by atoms with E-state index in [-0.39, 0.29) is 11.8 Å². The van der Waals surface area contributed by atoms with Crippen molar-refractivity contribution < 1.29 is 14.3 Å². The van der Waals surface area contributed by atoms with Gasteiger partial charge in [0.05, 0.1) is 13.2 Å². The molecule has 0 aromatic heterocycles. The van der Waals surface area contributed by atoms with Crippen LogP contribution in [0.4, 0.5) is 0 Å². The molecule has 0 saturated carbocycles. The van der Waals surface area contributed by atoms with E-state index < -0.39 is 5.92 Å². The third kappa shape index (κ3) is 3.90. The summed E-state index contributed by atoms with van der Waals surface area (Å²) >= 11 is 0. The molecule has 1 unspecified atom stereocenters. The van der Waals surface area contributed by atoms with E-state index >= 15 is 0 Å². The van der Waals surface area contributed by atoms with Crippen LogP contribution in [0.1, 0.15) is 18.9 Å². The minimum atomic E-state index is -0.553. The molecule has 0 radical (unpaired) electrons. The van der Waals surface area contributed by atoms with Crippen molar-refractivity contribution in [3.8, 4) is 0 Å². The molecule has 1 aromatic carbocycles. The molecule has 1 aliphatic heterocycles. The highest BCUT2D eigenvalue weighted by molar-refractivity contribution is 6.00. The first kappa shape index (κ1) is 14.7. The number of piperidine rings is 1. The van der Waals surface area contributed by atoms with Crippen LogP contribution in [0.3, 0.4) is 0 Å². The third-order valence-corrected chi connectivity index (χ3v) is 3.63. The standard InChI is InChI=1S/C16H21NO3/c1-2-20-16(19)14-9-11-17(12-15(14)18)10-8-13-6-4-3-5-7-13/h3-7,14H,2,8-12H2,1H3. The molecule has 1 fully saturated rings. The monoisotopic (exact) mass is 275 g/mol. The SMILES string of the molecule is CCOC(=O)C1CCN(CCc2ccccc2)CC1=O. The summed E-state index contributed by atoms with van der Waals surface area (Å²) in [5.74, 6) is -0.925. The number of benzene rings is 1. The van der Waals surface area contributed by atoms with Crippen molar-refractivity contribution in [2.45, 2.75) is 19.8 Å². The summed E-state index contributed by atoms with van der Waals surface area (Å²) in [4.78, 5) is 25.7. The predicted molar refractivity (Wildman–Crippen MR) is 76.3 cm³/mol. The molecule has 1 heterocycles. The lowest BCUT2D eigenvalue weighted by molar-refractivity contribution is -0.153. The summed E-state index contributed by atoms with van der Waals surface area (Å²) in [5, 5.41) is 0. The number of carbonyl (C=O) groups excluding carboxylic acids is 2. The van der Waals surface area contributed by atoms with E-state index in [4.69, 9.17) is 4.74 Å². The number of carbonyl (C=O) groups is 2. The lowest BCUT2D eigenvalue weighted by atomic mass is 9.95. The number of hydrogen-bond acceptors (Lipinski definition) is 4. The number of hydrogen-bond donors (Lipinski definition) is 0. The van der Waals surface area contributed by atoms with E-state index in [1.54, 1.807) is 6.92 Å². The lowest BCUT2D eigenvalue weighted by Gasteiger charge is -2.29. The Morgan fingerprint density at radius 1 is 1.35 bits per heavy atom. The first-order chi connectivity index (χ1) is 9.70. The topological polar surface area (TPSA) is 46.6 Å². The molecule has 1 aliphatic rings. The number of rotatable bonds is 5. The second-order valence-electron chi connectivity index (χ2n) is 5.07. The maximum Gasteiger partial charge on any atom is 0.316 e. The zero-order valence-corrected chi connectivity index (χ0v) is 11.9. The highest BCUT2D eigenvalue weighted by atomic mass is 16.5. The second-order valence-corrected chi connectivity index (χ2v) is 5.07. The van der Waals surface area contributed by atoms with Crippen molar-refractivity contribution in [2.24, 2.45) is 5.92 Å². The van der Waals surface area contributed by atoms with Crippen molar-refractivity contribution in [1.82, 2.24) is 4.90 Å². The molecular formula is C16H21NO3. The van der Waals surface area contributed by atoms with Crippen molar-refractivity contribution >= 4 is 11.8 Å². The van der Waals surface area contributed by atoms with E-state index in [2.05, 4.69) is 17.0 Å². The van der Waals surface area contributed by atoms with Crippen LogP contribution in [-0.4, -0.2) is 42.9 Å². The van der Waals surface area contributed by atoms with E-state index in [9.17, 15) is 9.59 Å². The first-order valence-corrected chi connectivity index (χ1v) is 7.16. The molecular weight excluding hydrogens is 254 g/mol. The lowest BCUT2D eigenvalue weighted by Crippen LogP contribution is -2.44. The fourth-order valence-corrected chi connectivity index (χ4v) is 2.50. The molecule has 2 rings (SSSR count). The molecule has 1 saturated heterocycles. The van der Waals surface area contributed by atoms with Crippen LogP contribution in [0.5, 0.6) is 0 Å². The van der Waals surface area contributed by atoms with E-state index in [1.165, 1.54) is 5.56 Å². The Labute approximate surface area is 119 Å². The highest BCUT2D eigenvalue weighted by Crippen LogP contribution is 2.16. The van der Waals surface area contributed by atoms with Gasteiger partial charge in [0, 0.05) is 6.54 Å². The van der Waals surface area contributed by atoms with Crippen LogP contribution in [0.15, 0.2) is 30.3 Å². The van der Waals surface area contributed by atoms with E-state index in [1.807, 2.05) is 18.2 Å². The Hall–Kier alpha value is -1.68.